The summed E-state index contributed by atoms with van der Waals surface area (Å²) in [6.45, 7) is 4.39. The summed E-state index contributed by atoms with van der Waals surface area (Å²) in [5.74, 6) is -0.0860. The van der Waals surface area contributed by atoms with E-state index in [1.54, 1.807) is 23.1 Å². The van der Waals surface area contributed by atoms with Crippen LogP contribution in [0, 0.1) is 0 Å². The van der Waals surface area contributed by atoms with E-state index in [9.17, 15) is 4.79 Å². The number of carbonyl (C=O) groups is 1. The molecule has 0 unspecified atom stereocenters. The second-order valence-electron chi connectivity index (χ2n) is 4.32. The van der Waals surface area contributed by atoms with E-state index in [-0.39, 0.29) is 18.6 Å². The highest BCUT2D eigenvalue weighted by Crippen LogP contribution is 2.24. The van der Waals surface area contributed by atoms with E-state index in [4.69, 9.17) is 16.7 Å². The van der Waals surface area contributed by atoms with Gasteiger partial charge in [0.25, 0.3) is 5.91 Å². The van der Waals surface area contributed by atoms with Gasteiger partial charge in [0.15, 0.2) is 0 Å². The molecule has 1 N–H and O–H groups in total. The molecule has 0 bridgehead atoms. The molecule has 0 aliphatic heterocycles. The summed E-state index contributed by atoms with van der Waals surface area (Å²) in [6, 6.07) is 5.30. The van der Waals surface area contributed by atoms with Crippen molar-refractivity contribution in [2.75, 3.05) is 13.2 Å². The topological polar surface area (TPSA) is 40.5 Å². The molecule has 106 valence electrons. The first-order chi connectivity index (χ1) is 9.04. The predicted octanol–water partition coefficient (Wildman–Crippen LogP) is 3.73. The van der Waals surface area contributed by atoms with Gasteiger partial charge in [-0.05, 0) is 47.0 Å². The first-order valence-corrected chi connectivity index (χ1v) is 7.59. The lowest BCUT2D eigenvalue weighted by atomic mass is 10.1. The quantitative estimate of drug-likeness (QED) is 0.851. The largest absolute Gasteiger partial charge is 0.395 e. The van der Waals surface area contributed by atoms with Gasteiger partial charge in [-0.15, -0.1) is 0 Å². The molecular formula is C14H19BrClNO2. The molecular weight excluding hydrogens is 330 g/mol. The summed E-state index contributed by atoms with van der Waals surface area (Å²) >= 11 is 9.33. The van der Waals surface area contributed by atoms with Crippen LogP contribution in [0.3, 0.4) is 0 Å². The first-order valence-electron chi connectivity index (χ1n) is 6.42. The standard InChI is InChI=1S/C14H19BrClNO2/c1-3-11(4-2)17(7-8-18)14(19)10-5-6-12(15)13(16)9-10/h5-6,9,11,18H,3-4,7-8H2,1-2H3. The fraction of sp³-hybridized carbons (Fsp3) is 0.500. The summed E-state index contributed by atoms with van der Waals surface area (Å²) in [4.78, 5) is 14.2. The van der Waals surface area contributed by atoms with Gasteiger partial charge in [0.1, 0.15) is 0 Å². The number of nitrogens with zero attached hydrogens (tertiary/aromatic N) is 1. The molecule has 1 aromatic rings. The lowest BCUT2D eigenvalue weighted by Crippen LogP contribution is -2.41. The maximum atomic E-state index is 12.5. The molecule has 0 atom stereocenters. The van der Waals surface area contributed by atoms with Crippen molar-refractivity contribution in [3.8, 4) is 0 Å². The Morgan fingerprint density at radius 3 is 2.53 bits per heavy atom. The van der Waals surface area contributed by atoms with Crippen LogP contribution in [0.2, 0.25) is 5.02 Å². The third-order valence-electron chi connectivity index (χ3n) is 3.15. The van der Waals surface area contributed by atoms with Crippen LogP contribution >= 0.6 is 27.5 Å². The number of hydrogen-bond acceptors (Lipinski definition) is 2. The molecule has 0 radical (unpaired) electrons. The van der Waals surface area contributed by atoms with Crippen LogP contribution in [0.5, 0.6) is 0 Å². The van der Waals surface area contributed by atoms with Crippen LogP contribution in [-0.4, -0.2) is 35.1 Å². The van der Waals surface area contributed by atoms with Gasteiger partial charge in [0, 0.05) is 22.6 Å². The van der Waals surface area contributed by atoms with Crippen LogP contribution in [-0.2, 0) is 0 Å². The third-order valence-corrected chi connectivity index (χ3v) is 4.38. The maximum absolute atomic E-state index is 12.5. The van der Waals surface area contributed by atoms with Crippen LogP contribution < -0.4 is 0 Å². The minimum Gasteiger partial charge on any atom is -0.395 e. The number of hydrogen-bond donors (Lipinski definition) is 1. The number of halogens is 2. The Labute approximate surface area is 127 Å². The molecule has 1 aromatic carbocycles. The van der Waals surface area contributed by atoms with Gasteiger partial charge in [-0.25, -0.2) is 0 Å². The smallest absolute Gasteiger partial charge is 0.254 e. The zero-order chi connectivity index (χ0) is 14.4. The summed E-state index contributed by atoms with van der Waals surface area (Å²) in [6.07, 6.45) is 1.74. The first kappa shape index (κ1) is 16.5. The Bertz CT molecular complexity index is 435. The van der Waals surface area contributed by atoms with E-state index in [1.807, 2.05) is 13.8 Å². The van der Waals surface area contributed by atoms with Crippen molar-refractivity contribution in [2.45, 2.75) is 32.7 Å². The molecule has 1 rings (SSSR count). The van der Waals surface area contributed by atoms with Gasteiger partial charge < -0.3 is 10.0 Å². The van der Waals surface area contributed by atoms with Crippen molar-refractivity contribution in [1.29, 1.82) is 0 Å². The van der Waals surface area contributed by atoms with Crippen LogP contribution in [0.15, 0.2) is 22.7 Å². The van der Waals surface area contributed by atoms with Gasteiger partial charge in [-0.3, -0.25) is 4.79 Å². The van der Waals surface area contributed by atoms with Crippen molar-refractivity contribution < 1.29 is 9.90 Å². The lowest BCUT2D eigenvalue weighted by Gasteiger charge is -2.30. The second kappa shape index (κ2) is 7.88. The van der Waals surface area contributed by atoms with Crippen LogP contribution in [0.1, 0.15) is 37.0 Å². The minimum absolute atomic E-state index is 0.0352. The van der Waals surface area contributed by atoms with E-state index in [2.05, 4.69) is 15.9 Å². The van der Waals surface area contributed by atoms with Gasteiger partial charge in [-0.1, -0.05) is 25.4 Å². The Morgan fingerprint density at radius 2 is 2.05 bits per heavy atom. The van der Waals surface area contributed by atoms with E-state index in [1.165, 1.54) is 0 Å². The Kier molecular flexibility index (Phi) is 6.83. The average molecular weight is 349 g/mol. The molecule has 0 aromatic heterocycles. The monoisotopic (exact) mass is 347 g/mol. The zero-order valence-corrected chi connectivity index (χ0v) is 13.5. The van der Waals surface area contributed by atoms with E-state index in [0.29, 0.717) is 17.1 Å². The van der Waals surface area contributed by atoms with Gasteiger partial charge >= 0.3 is 0 Å². The highest BCUT2D eigenvalue weighted by atomic mass is 79.9. The normalized spacial score (nSPS) is 10.8. The molecule has 0 heterocycles. The Balaban J connectivity index is 3.01. The molecule has 0 aliphatic carbocycles. The van der Waals surface area contributed by atoms with E-state index in [0.717, 1.165) is 17.3 Å². The Hall–Kier alpha value is -0.580. The van der Waals surface area contributed by atoms with Crippen molar-refractivity contribution in [1.82, 2.24) is 4.90 Å². The van der Waals surface area contributed by atoms with Crippen molar-refractivity contribution in [3.63, 3.8) is 0 Å². The highest BCUT2D eigenvalue weighted by Gasteiger charge is 2.22. The van der Waals surface area contributed by atoms with Gasteiger partial charge in [0.05, 0.1) is 11.6 Å². The molecule has 5 heteroatoms. The number of rotatable bonds is 6. The minimum atomic E-state index is -0.0860. The lowest BCUT2D eigenvalue weighted by molar-refractivity contribution is 0.0622. The Morgan fingerprint density at radius 1 is 1.42 bits per heavy atom. The number of carbonyl (C=O) groups excluding carboxylic acids is 1. The predicted molar refractivity (Wildman–Crippen MR) is 81.6 cm³/mol. The molecule has 1 amide bonds. The van der Waals surface area contributed by atoms with Crippen molar-refractivity contribution >= 4 is 33.4 Å². The molecule has 0 aliphatic rings. The molecule has 0 spiro atoms. The highest BCUT2D eigenvalue weighted by molar-refractivity contribution is 9.10. The van der Waals surface area contributed by atoms with E-state index < -0.39 is 0 Å². The molecule has 0 fully saturated rings. The van der Waals surface area contributed by atoms with E-state index >= 15 is 0 Å². The number of amides is 1. The number of aliphatic hydroxyl groups is 1. The zero-order valence-electron chi connectivity index (χ0n) is 11.2. The van der Waals surface area contributed by atoms with Crippen LogP contribution in [0.25, 0.3) is 0 Å². The fourth-order valence-electron chi connectivity index (χ4n) is 2.08. The SMILES string of the molecule is CCC(CC)N(CCO)C(=O)c1ccc(Br)c(Cl)c1. The second-order valence-corrected chi connectivity index (χ2v) is 5.58. The summed E-state index contributed by atoms with van der Waals surface area (Å²) < 4.78 is 0.766. The molecule has 0 saturated heterocycles. The third kappa shape index (κ3) is 4.20. The molecule has 3 nitrogen and oxygen atoms in total. The number of benzene rings is 1. The fourth-order valence-corrected chi connectivity index (χ4v) is 2.51. The van der Waals surface area contributed by atoms with Crippen molar-refractivity contribution in [3.05, 3.63) is 33.3 Å². The summed E-state index contributed by atoms with van der Waals surface area (Å²) in [5.41, 5.74) is 0.550. The average Bonchev–Trinajstić information content (AvgIpc) is 2.41. The molecule has 0 saturated carbocycles. The summed E-state index contributed by atoms with van der Waals surface area (Å²) in [7, 11) is 0. The number of aliphatic hydroxyl groups excluding tert-OH is 1. The summed E-state index contributed by atoms with van der Waals surface area (Å²) in [5, 5.41) is 9.66. The van der Waals surface area contributed by atoms with Crippen LogP contribution in [0.4, 0.5) is 0 Å². The molecule has 19 heavy (non-hydrogen) atoms. The van der Waals surface area contributed by atoms with Gasteiger partial charge in [-0.2, -0.15) is 0 Å². The van der Waals surface area contributed by atoms with Gasteiger partial charge in [0.2, 0.25) is 0 Å². The maximum Gasteiger partial charge on any atom is 0.254 e. The van der Waals surface area contributed by atoms with Crippen molar-refractivity contribution in [2.24, 2.45) is 0 Å².